The Labute approximate surface area is 86.9 Å². The molecule has 1 saturated carbocycles. The van der Waals surface area contributed by atoms with E-state index in [4.69, 9.17) is 11.5 Å². The lowest BCUT2D eigenvalue weighted by Gasteiger charge is -2.31. The number of aromatic amines is 1. The lowest BCUT2D eigenvalue weighted by atomic mass is 9.79. The fourth-order valence-corrected chi connectivity index (χ4v) is 2.12. The molecule has 2 heterocycles. The second-order valence-corrected chi connectivity index (χ2v) is 4.17. The van der Waals surface area contributed by atoms with Gasteiger partial charge < -0.3 is 16.5 Å². The Morgan fingerprint density at radius 1 is 1.33 bits per heavy atom. The summed E-state index contributed by atoms with van der Waals surface area (Å²) >= 11 is 0. The first-order valence-electron chi connectivity index (χ1n) is 5.08. The molecule has 1 aliphatic carbocycles. The third-order valence-electron chi connectivity index (χ3n) is 3.09. The molecule has 0 aromatic carbocycles. The summed E-state index contributed by atoms with van der Waals surface area (Å²) in [6.07, 6.45) is 3.56. The van der Waals surface area contributed by atoms with Crippen LogP contribution in [0.25, 0.3) is 11.0 Å². The van der Waals surface area contributed by atoms with E-state index < -0.39 is 0 Å². The van der Waals surface area contributed by atoms with Gasteiger partial charge in [-0.05, 0) is 18.9 Å². The first kappa shape index (κ1) is 8.67. The van der Waals surface area contributed by atoms with Gasteiger partial charge in [-0.15, -0.1) is 0 Å². The number of anilines is 1. The Bertz CT molecular complexity index is 497. The van der Waals surface area contributed by atoms with Crippen molar-refractivity contribution in [2.75, 3.05) is 5.73 Å². The molecule has 2 aromatic rings. The molecule has 5 N–H and O–H groups in total. The molecule has 5 nitrogen and oxygen atoms in total. The number of H-pyrrole nitrogens is 1. The van der Waals surface area contributed by atoms with Gasteiger partial charge in [0, 0.05) is 17.7 Å². The van der Waals surface area contributed by atoms with Gasteiger partial charge in [0.25, 0.3) is 0 Å². The average Bonchev–Trinajstić information content (AvgIpc) is 2.58. The van der Waals surface area contributed by atoms with Crippen molar-refractivity contribution in [3.63, 3.8) is 0 Å². The first-order chi connectivity index (χ1) is 7.24. The summed E-state index contributed by atoms with van der Waals surface area (Å²) in [4.78, 5) is 11.4. The molecule has 0 aliphatic heterocycles. The van der Waals surface area contributed by atoms with Gasteiger partial charge in [0.2, 0.25) is 0 Å². The Balaban J connectivity index is 2.03. The minimum atomic E-state index is 0.352. The van der Waals surface area contributed by atoms with Gasteiger partial charge in [0.1, 0.15) is 17.8 Å². The molecular weight excluding hydrogens is 190 g/mol. The van der Waals surface area contributed by atoms with Crippen molar-refractivity contribution in [3.8, 4) is 0 Å². The maximum atomic E-state index is 5.76. The molecule has 0 atom stereocenters. The second-order valence-electron chi connectivity index (χ2n) is 4.17. The highest BCUT2D eigenvalue weighted by atomic mass is 15.0. The van der Waals surface area contributed by atoms with Gasteiger partial charge >= 0.3 is 0 Å². The molecule has 0 saturated heterocycles. The highest BCUT2D eigenvalue weighted by Crippen LogP contribution is 2.36. The molecular formula is C10H13N5. The van der Waals surface area contributed by atoms with Crippen LogP contribution in [0.2, 0.25) is 0 Å². The summed E-state index contributed by atoms with van der Waals surface area (Å²) in [5.74, 6) is 1.07. The number of fused-ring (bicyclic) bond motifs is 1. The number of nitrogens with one attached hydrogen (secondary N) is 1. The van der Waals surface area contributed by atoms with E-state index in [1.807, 2.05) is 6.07 Å². The molecule has 0 radical (unpaired) electrons. The minimum Gasteiger partial charge on any atom is -0.383 e. The standard InChI is InChI=1S/C10H13N5/c11-6-1-5(2-6)8-3-7-9(12)13-4-14-10(7)15-8/h3-6H,1-2,11H2,(H3,12,13,14,15)/t5-,6-. The molecule has 0 spiro atoms. The van der Waals surface area contributed by atoms with Crippen molar-refractivity contribution >= 4 is 16.9 Å². The molecule has 1 aliphatic rings. The lowest BCUT2D eigenvalue weighted by molar-refractivity contribution is 0.346. The van der Waals surface area contributed by atoms with Crippen LogP contribution in [0, 0.1) is 0 Å². The van der Waals surface area contributed by atoms with Crippen molar-refractivity contribution in [1.29, 1.82) is 0 Å². The van der Waals surface area contributed by atoms with Crippen LogP contribution in [0.15, 0.2) is 12.4 Å². The van der Waals surface area contributed by atoms with E-state index in [1.165, 1.54) is 12.0 Å². The monoisotopic (exact) mass is 203 g/mol. The van der Waals surface area contributed by atoms with Crippen LogP contribution in [0.1, 0.15) is 24.5 Å². The second kappa shape index (κ2) is 2.93. The number of nitrogens with zero attached hydrogens (tertiary/aromatic N) is 2. The zero-order valence-corrected chi connectivity index (χ0v) is 8.27. The molecule has 2 aromatic heterocycles. The fourth-order valence-electron chi connectivity index (χ4n) is 2.12. The summed E-state index contributed by atoms with van der Waals surface area (Å²) in [5, 5.41) is 0.910. The highest BCUT2D eigenvalue weighted by molar-refractivity contribution is 5.86. The summed E-state index contributed by atoms with van der Waals surface area (Å²) < 4.78 is 0. The third kappa shape index (κ3) is 1.27. The quantitative estimate of drug-likeness (QED) is 0.637. The maximum absolute atomic E-state index is 5.76. The summed E-state index contributed by atoms with van der Waals surface area (Å²) in [7, 11) is 0. The van der Waals surface area contributed by atoms with Crippen LogP contribution in [-0.2, 0) is 0 Å². The summed E-state index contributed by atoms with van der Waals surface area (Å²) in [6, 6.07) is 2.39. The number of hydrogen-bond acceptors (Lipinski definition) is 4. The van der Waals surface area contributed by atoms with Crippen molar-refractivity contribution in [3.05, 3.63) is 18.1 Å². The van der Waals surface area contributed by atoms with Crippen LogP contribution in [-0.4, -0.2) is 21.0 Å². The van der Waals surface area contributed by atoms with Crippen molar-refractivity contribution in [1.82, 2.24) is 15.0 Å². The van der Waals surface area contributed by atoms with Crippen LogP contribution in [0.3, 0.4) is 0 Å². The molecule has 0 amide bonds. The van der Waals surface area contributed by atoms with E-state index in [2.05, 4.69) is 15.0 Å². The van der Waals surface area contributed by atoms with Gasteiger partial charge in [-0.1, -0.05) is 0 Å². The van der Waals surface area contributed by atoms with Crippen LogP contribution in [0.4, 0.5) is 5.82 Å². The predicted octanol–water partition coefficient (Wildman–Crippen LogP) is 0.745. The van der Waals surface area contributed by atoms with Gasteiger partial charge in [0.05, 0.1) is 5.39 Å². The van der Waals surface area contributed by atoms with E-state index in [0.29, 0.717) is 17.8 Å². The molecule has 5 heteroatoms. The van der Waals surface area contributed by atoms with Crippen molar-refractivity contribution in [2.24, 2.45) is 5.73 Å². The number of nitrogens with two attached hydrogens (primary N) is 2. The van der Waals surface area contributed by atoms with Gasteiger partial charge in [-0.3, -0.25) is 0 Å². The zero-order chi connectivity index (χ0) is 10.4. The normalized spacial score (nSPS) is 25.4. The molecule has 15 heavy (non-hydrogen) atoms. The largest absolute Gasteiger partial charge is 0.383 e. The van der Waals surface area contributed by atoms with E-state index >= 15 is 0 Å². The number of hydrogen-bond donors (Lipinski definition) is 3. The smallest absolute Gasteiger partial charge is 0.143 e. The fraction of sp³-hybridized carbons (Fsp3) is 0.400. The maximum Gasteiger partial charge on any atom is 0.143 e. The Morgan fingerprint density at radius 2 is 2.13 bits per heavy atom. The molecule has 78 valence electrons. The lowest BCUT2D eigenvalue weighted by Crippen LogP contribution is -2.34. The molecule has 3 rings (SSSR count). The topological polar surface area (TPSA) is 93.6 Å². The van der Waals surface area contributed by atoms with Crippen LogP contribution in [0.5, 0.6) is 0 Å². The Kier molecular flexibility index (Phi) is 1.70. The molecule has 0 unspecified atom stereocenters. The van der Waals surface area contributed by atoms with Crippen molar-refractivity contribution in [2.45, 2.75) is 24.8 Å². The van der Waals surface area contributed by atoms with E-state index in [9.17, 15) is 0 Å². The molecule has 1 fully saturated rings. The summed E-state index contributed by atoms with van der Waals surface area (Å²) in [6.45, 7) is 0. The van der Waals surface area contributed by atoms with Gasteiger partial charge in [-0.2, -0.15) is 0 Å². The third-order valence-corrected chi connectivity index (χ3v) is 3.09. The van der Waals surface area contributed by atoms with E-state index in [0.717, 1.165) is 23.9 Å². The Hall–Kier alpha value is -1.62. The number of nitrogen functional groups attached to an aromatic ring is 1. The SMILES string of the molecule is Nc1ncnc2[nH]c([C@H]3C[C@H](N)C3)cc12. The highest BCUT2D eigenvalue weighted by Gasteiger charge is 2.28. The molecule has 0 bridgehead atoms. The Morgan fingerprint density at radius 3 is 2.80 bits per heavy atom. The number of aromatic nitrogens is 3. The zero-order valence-electron chi connectivity index (χ0n) is 8.27. The van der Waals surface area contributed by atoms with Crippen LogP contribution < -0.4 is 11.5 Å². The average molecular weight is 203 g/mol. The van der Waals surface area contributed by atoms with Gasteiger partial charge in [-0.25, -0.2) is 9.97 Å². The van der Waals surface area contributed by atoms with Gasteiger partial charge in [0.15, 0.2) is 0 Å². The summed E-state index contributed by atoms with van der Waals surface area (Å²) in [5.41, 5.74) is 13.5. The predicted molar refractivity (Wildman–Crippen MR) is 58.3 cm³/mol. The number of rotatable bonds is 1. The van der Waals surface area contributed by atoms with Crippen LogP contribution >= 0.6 is 0 Å². The minimum absolute atomic E-state index is 0.352. The van der Waals surface area contributed by atoms with E-state index in [-0.39, 0.29) is 0 Å². The van der Waals surface area contributed by atoms with E-state index in [1.54, 1.807) is 0 Å². The first-order valence-corrected chi connectivity index (χ1v) is 5.08. The van der Waals surface area contributed by atoms with Crippen molar-refractivity contribution < 1.29 is 0 Å².